The normalized spacial score (nSPS) is 10.9. The predicted octanol–water partition coefficient (Wildman–Crippen LogP) is 4.14. The highest BCUT2D eigenvalue weighted by molar-refractivity contribution is 9.10. The van der Waals surface area contributed by atoms with Gasteiger partial charge in [0.25, 0.3) is 0 Å². The quantitative estimate of drug-likeness (QED) is 0.755. The molecule has 1 heterocycles. The minimum absolute atomic E-state index is 0.0504. The highest BCUT2D eigenvalue weighted by Gasteiger charge is 2.19. The van der Waals surface area contributed by atoms with Crippen LogP contribution in [0.3, 0.4) is 0 Å². The number of fused-ring (bicyclic) bond motifs is 1. The van der Waals surface area contributed by atoms with Gasteiger partial charge >= 0.3 is 5.97 Å². The fourth-order valence-electron chi connectivity index (χ4n) is 2.08. The maximum atomic E-state index is 11.3. The van der Waals surface area contributed by atoms with Gasteiger partial charge in [-0.3, -0.25) is 0 Å². The summed E-state index contributed by atoms with van der Waals surface area (Å²) in [4.78, 5) is 11.3. The Labute approximate surface area is 127 Å². The Bertz CT molecular complexity index is 829. The van der Waals surface area contributed by atoms with Crippen molar-refractivity contribution in [3.63, 3.8) is 0 Å². The molecule has 20 heavy (non-hydrogen) atoms. The summed E-state index contributed by atoms with van der Waals surface area (Å²) in [5.74, 6) is -1.10. The SMILES string of the molecule is O=C(O)c1nn(-c2cccc(Br)c2)c2cccc(Cl)c12. The summed E-state index contributed by atoms with van der Waals surface area (Å²) in [6.45, 7) is 0. The van der Waals surface area contributed by atoms with E-state index in [-0.39, 0.29) is 5.69 Å². The topological polar surface area (TPSA) is 55.1 Å². The third-order valence-electron chi connectivity index (χ3n) is 2.91. The number of hydrogen-bond acceptors (Lipinski definition) is 2. The standard InChI is InChI=1S/C14H8BrClN2O2/c15-8-3-1-4-9(7-8)18-11-6-2-5-10(16)12(11)13(17-18)14(19)20/h1-7H,(H,19,20). The van der Waals surface area contributed by atoms with Crippen LogP contribution in [0, 0.1) is 0 Å². The van der Waals surface area contributed by atoms with Gasteiger partial charge in [0.1, 0.15) is 0 Å². The summed E-state index contributed by atoms with van der Waals surface area (Å²) in [7, 11) is 0. The van der Waals surface area contributed by atoms with Gasteiger partial charge in [0.15, 0.2) is 5.69 Å². The van der Waals surface area contributed by atoms with E-state index in [9.17, 15) is 9.90 Å². The first-order valence-corrected chi connectivity index (χ1v) is 6.91. The maximum absolute atomic E-state index is 11.3. The minimum Gasteiger partial charge on any atom is -0.476 e. The van der Waals surface area contributed by atoms with Crippen molar-refractivity contribution in [3.05, 3.63) is 57.7 Å². The van der Waals surface area contributed by atoms with E-state index < -0.39 is 5.97 Å². The highest BCUT2D eigenvalue weighted by Crippen LogP contribution is 2.29. The molecule has 1 N–H and O–H groups in total. The molecular weight excluding hydrogens is 344 g/mol. The maximum Gasteiger partial charge on any atom is 0.357 e. The van der Waals surface area contributed by atoms with E-state index in [2.05, 4.69) is 21.0 Å². The monoisotopic (exact) mass is 350 g/mol. The number of nitrogens with zero attached hydrogens (tertiary/aromatic N) is 2. The zero-order valence-electron chi connectivity index (χ0n) is 10.0. The Hall–Kier alpha value is -1.85. The fourth-order valence-corrected chi connectivity index (χ4v) is 2.73. The Morgan fingerprint density at radius 3 is 2.70 bits per heavy atom. The Kier molecular flexibility index (Phi) is 3.23. The number of halogens is 2. The molecular formula is C14H8BrClN2O2. The van der Waals surface area contributed by atoms with Crippen LogP contribution in [0.15, 0.2) is 46.9 Å². The van der Waals surface area contributed by atoms with Gasteiger partial charge in [-0.05, 0) is 30.3 Å². The molecule has 0 bridgehead atoms. The van der Waals surface area contributed by atoms with Crippen molar-refractivity contribution in [3.8, 4) is 5.69 Å². The Morgan fingerprint density at radius 2 is 2.00 bits per heavy atom. The fraction of sp³-hybridized carbons (Fsp3) is 0. The van der Waals surface area contributed by atoms with Gasteiger partial charge in [0.05, 0.1) is 21.6 Å². The summed E-state index contributed by atoms with van der Waals surface area (Å²) in [6, 6.07) is 12.7. The zero-order valence-corrected chi connectivity index (χ0v) is 12.4. The number of benzene rings is 2. The highest BCUT2D eigenvalue weighted by atomic mass is 79.9. The first-order valence-electron chi connectivity index (χ1n) is 5.74. The molecule has 4 nitrogen and oxygen atoms in total. The number of carboxylic acids is 1. The molecule has 0 unspecified atom stereocenters. The van der Waals surface area contributed by atoms with Gasteiger partial charge in [-0.25, -0.2) is 9.48 Å². The largest absolute Gasteiger partial charge is 0.476 e. The smallest absolute Gasteiger partial charge is 0.357 e. The predicted molar refractivity (Wildman–Crippen MR) is 80.7 cm³/mol. The second-order valence-electron chi connectivity index (χ2n) is 4.18. The lowest BCUT2D eigenvalue weighted by Gasteiger charge is -2.03. The van der Waals surface area contributed by atoms with Crippen molar-refractivity contribution >= 4 is 44.4 Å². The number of aromatic carboxylic acids is 1. The molecule has 0 aliphatic rings. The molecule has 2 aromatic carbocycles. The average Bonchev–Trinajstić information content (AvgIpc) is 2.80. The van der Waals surface area contributed by atoms with Crippen LogP contribution in [-0.4, -0.2) is 20.9 Å². The first kappa shape index (κ1) is 13.1. The summed E-state index contributed by atoms with van der Waals surface area (Å²) < 4.78 is 2.47. The van der Waals surface area contributed by atoms with E-state index in [1.807, 2.05) is 24.3 Å². The molecule has 100 valence electrons. The van der Waals surface area contributed by atoms with E-state index >= 15 is 0 Å². The van der Waals surface area contributed by atoms with Gasteiger partial charge in [-0.15, -0.1) is 0 Å². The lowest BCUT2D eigenvalue weighted by Crippen LogP contribution is -2.01. The van der Waals surface area contributed by atoms with Crippen LogP contribution >= 0.6 is 27.5 Å². The van der Waals surface area contributed by atoms with E-state index in [1.54, 1.807) is 22.9 Å². The second-order valence-corrected chi connectivity index (χ2v) is 5.50. The van der Waals surface area contributed by atoms with Crippen LogP contribution < -0.4 is 0 Å². The molecule has 3 rings (SSSR count). The molecule has 1 aromatic heterocycles. The molecule has 0 spiro atoms. The van der Waals surface area contributed by atoms with E-state index in [1.165, 1.54) is 0 Å². The van der Waals surface area contributed by atoms with Crippen molar-refractivity contribution < 1.29 is 9.90 Å². The third kappa shape index (κ3) is 2.09. The van der Waals surface area contributed by atoms with E-state index in [4.69, 9.17) is 11.6 Å². The molecule has 0 aliphatic carbocycles. The molecule has 0 radical (unpaired) electrons. The van der Waals surface area contributed by atoms with Crippen molar-refractivity contribution in [1.82, 2.24) is 9.78 Å². The van der Waals surface area contributed by atoms with E-state index in [0.29, 0.717) is 15.9 Å². The minimum atomic E-state index is -1.10. The average molecular weight is 352 g/mol. The number of carbonyl (C=O) groups is 1. The number of aromatic nitrogens is 2. The van der Waals surface area contributed by atoms with Crippen molar-refractivity contribution in [2.24, 2.45) is 0 Å². The molecule has 0 saturated carbocycles. The molecule has 6 heteroatoms. The summed E-state index contributed by atoms with van der Waals surface area (Å²) in [5, 5.41) is 14.3. The van der Waals surface area contributed by atoms with Crippen LogP contribution in [0.5, 0.6) is 0 Å². The lowest BCUT2D eigenvalue weighted by atomic mass is 10.2. The van der Waals surface area contributed by atoms with Gasteiger partial charge in [-0.1, -0.05) is 39.7 Å². The number of hydrogen-bond donors (Lipinski definition) is 1. The van der Waals surface area contributed by atoms with Gasteiger partial charge < -0.3 is 5.11 Å². The molecule has 0 saturated heterocycles. The lowest BCUT2D eigenvalue weighted by molar-refractivity contribution is 0.0692. The van der Waals surface area contributed by atoms with Crippen LogP contribution in [-0.2, 0) is 0 Å². The van der Waals surface area contributed by atoms with Crippen LogP contribution in [0.25, 0.3) is 16.6 Å². The molecule has 0 fully saturated rings. The van der Waals surface area contributed by atoms with Crippen molar-refractivity contribution in [2.45, 2.75) is 0 Å². The molecule has 3 aromatic rings. The van der Waals surface area contributed by atoms with Crippen molar-refractivity contribution in [2.75, 3.05) is 0 Å². The zero-order chi connectivity index (χ0) is 14.3. The summed E-state index contributed by atoms with van der Waals surface area (Å²) in [5.41, 5.74) is 1.37. The summed E-state index contributed by atoms with van der Waals surface area (Å²) >= 11 is 9.50. The van der Waals surface area contributed by atoms with Crippen LogP contribution in [0.4, 0.5) is 0 Å². The van der Waals surface area contributed by atoms with Gasteiger partial charge in [-0.2, -0.15) is 5.10 Å². The third-order valence-corrected chi connectivity index (χ3v) is 3.72. The van der Waals surface area contributed by atoms with E-state index in [0.717, 1.165) is 10.2 Å². The number of carboxylic acid groups (broad SMARTS) is 1. The Balaban J connectivity index is 2.38. The number of rotatable bonds is 2. The van der Waals surface area contributed by atoms with Gasteiger partial charge in [0.2, 0.25) is 0 Å². The van der Waals surface area contributed by atoms with Gasteiger partial charge in [0, 0.05) is 4.47 Å². The second kappa shape index (κ2) is 4.92. The van der Waals surface area contributed by atoms with Crippen molar-refractivity contribution in [1.29, 1.82) is 0 Å². The first-order chi connectivity index (χ1) is 9.58. The summed E-state index contributed by atoms with van der Waals surface area (Å²) in [6.07, 6.45) is 0. The molecule has 0 atom stereocenters. The molecule has 0 amide bonds. The van der Waals surface area contributed by atoms with Crippen LogP contribution in [0.1, 0.15) is 10.5 Å². The Morgan fingerprint density at radius 1 is 1.25 bits per heavy atom. The van der Waals surface area contributed by atoms with Crippen LogP contribution in [0.2, 0.25) is 5.02 Å². The molecule has 0 aliphatic heterocycles.